The minimum absolute atomic E-state index is 0.0154. The third-order valence-electron chi connectivity index (χ3n) is 19.4. The van der Waals surface area contributed by atoms with Gasteiger partial charge in [-0.05, 0) is 147 Å². The number of rotatable bonds is 56. The summed E-state index contributed by atoms with van der Waals surface area (Å²) in [4.78, 5) is 65.9. The summed E-state index contributed by atoms with van der Waals surface area (Å²) >= 11 is 1.40. The van der Waals surface area contributed by atoms with Crippen molar-refractivity contribution in [1.29, 1.82) is 0 Å². The minimum Gasteiger partial charge on any atom is -0.494 e. The molecule has 4 amide bonds. The van der Waals surface area contributed by atoms with Gasteiger partial charge in [0.2, 0.25) is 0 Å². The number of aromatic nitrogens is 2. The predicted molar refractivity (Wildman–Crippen MR) is 452 cm³/mol. The summed E-state index contributed by atoms with van der Waals surface area (Å²) in [7, 11) is 0. The van der Waals surface area contributed by atoms with E-state index in [9.17, 15) is 19.2 Å². The molecule has 14 nitrogen and oxygen atoms in total. The molecule has 0 saturated heterocycles. The molecule has 0 saturated carbocycles. The molecule has 3 heterocycles. The van der Waals surface area contributed by atoms with Gasteiger partial charge in [-0.2, -0.15) is 0 Å². The number of hydrogen-bond donors (Lipinski definition) is 4. The van der Waals surface area contributed by atoms with Crippen LogP contribution in [0.2, 0.25) is 0 Å². The number of pyridine rings is 2. The molecule has 0 aliphatic heterocycles. The highest BCUT2D eigenvalue weighted by molar-refractivity contribution is 7.08. The molecule has 0 fully saturated rings. The maximum Gasteiger partial charge on any atom is 0.274 e. The zero-order valence-electron chi connectivity index (χ0n) is 66.4. The lowest BCUT2D eigenvalue weighted by molar-refractivity contribution is 0.0998. The quantitative estimate of drug-likeness (QED) is 0.0212. The lowest BCUT2D eigenvalue weighted by Gasteiger charge is -2.11. The molecule has 0 unspecified atom stereocenters. The Balaban J connectivity index is 1.04. The van der Waals surface area contributed by atoms with Crippen molar-refractivity contribution in [2.24, 2.45) is 0 Å². The van der Waals surface area contributed by atoms with E-state index in [1.807, 2.05) is 59.3 Å². The summed E-state index contributed by atoms with van der Waals surface area (Å²) in [5.41, 5.74) is 3.94. The fraction of sp³-hybridized carbons (Fsp3) is 0.511. The molecule has 109 heavy (non-hydrogen) atoms. The van der Waals surface area contributed by atoms with Crippen molar-refractivity contribution in [1.82, 2.24) is 9.97 Å². The Morgan fingerprint density at radius 2 is 0.468 bits per heavy atom. The van der Waals surface area contributed by atoms with Crippen LogP contribution in [0.15, 0.2) is 132 Å². The highest BCUT2D eigenvalue weighted by Gasteiger charge is 2.19. The van der Waals surface area contributed by atoms with Crippen LogP contribution in [-0.2, 0) is 0 Å². The first-order valence-electron chi connectivity index (χ1n) is 41.9. The van der Waals surface area contributed by atoms with Crippen LogP contribution < -0.4 is 40.2 Å². The van der Waals surface area contributed by atoms with Gasteiger partial charge in [0.05, 0.1) is 37.6 Å². The molecule has 0 atom stereocenters. The number of carbonyl (C=O) groups excluding carboxylic acids is 4. The number of ether oxygens (including phenoxy) is 4. The fourth-order valence-corrected chi connectivity index (χ4v) is 13.6. The molecule has 7 rings (SSSR count). The van der Waals surface area contributed by atoms with Crippen LogP contribution in [0.1, 0.15) is 349 Å². The van der Waals surface area contributed by atoms with Gasteiger partial charge in [-0.3, -0.25) is 19.2 Å². The SMILES string of the molecule is CCCCCCCCCCCCOc1ccc(NC(=O)c2cc(C#Cc3cscc3C#Cc3cc(C(=O)Nc4ccc(OCCCCCCCCCCCC)cc4)nc(C(=O)Nc4ccc(OCCCCCCCCCCCC)cc4)c3)cc(C(=O)Nc3ccc(OCCCCCCCCCCCC)cc3)n2)cc1. The first kappa shape index (κ1) is 87.3. The predicted octanol–water partition coefficient (Wildman–Crippen LogP) is 25.5. The summed E-state index contributed by atoms with van der Waals surface area (Å²) in [6.07, 6.45) is 49.9. The van der Waals surface area contributed by atoms with Gasteiger partial charge < -0.3 is 40.2 Å². The summed E-state index contributed by atoms with van der Waals surface area (Å²) in [5, 5.41) is 15.5. The zero-order chi connectivity index (χ0) is 76.8. The third-order valence-corrected chi connectivity index (χ3v) is 20.2. The molecule has 4 aromatic carbocycles. The molecular formula is C94H126N6O8S. The Bertz CT molecular complexity index is 3380. The average molecular weight is 1500 g/mol. The number of nitrogens with zero attached hydrogens (tertiary/aromatic N) is 2. The molecular weight excluding hydrogens is 1370 g/mol. The van der Waals surface area contributed by atoms with E-state index >= 15 is 0 Å². The van der Waals surface area contributed by atoms with E-state index in [1.165, 1.54) is 217 Å². The summed E-state index contributed by atoms with van der Waals surface area (Å²) in [6.45, 7) is 11.5. The van der Waals surface area contributed by atoms with Crippen LogP contribution in [0.4, 0.5) is 22.7 Å². The minimum atomic E-state index is -0.531. The molecule has 586 valence electrons. The molecule has 3 aromatic heterocycles. The zero-order valence-corrected chi connectivity index (χ0v) is 67.2. The van der Waals surface area contributed by atoms with Gasteiger partial charge in [-0.15, -0.1) is 11.3 Å². The molecule has 15 heteroatoms. The smallest absolute Gasteiger partial charge is 0.274 e. The van der Waals surface area contributed by atoms with E-state index in [4.69, 9.17) is 18.9 Å². The van der Waals surface area contributed by atoms with Crippen molar-refractivity contribution < 1.29 is 38.1 Å². The number of nitrogens with one attached hydrogen (secondary N) is 4. The van der Waals surface area contributed by atoms with Crippen molar-refractivity contribution in [3.63, 3.8) is 0 Å². The van der Waals surface area contributed by atoms with Crippen molar-refractivity contribution in [3.05, 3.63) is 177 Å². The molecule has 0 bridgehead atoms. The number of amides is 4. The molecule has 0 aliphatic rings. The molecule has 0 radical (unpaired) electrons. The first-order chi connectivity index (χ1) is 53.6. The fourth-order valence-electron chi connectivity index (χ4n) is 12.9. The summed E-state index contributed by atoms with van der Waals surface area (Å²) < 4.78 is 24.3. The van der Waals surface area contributed by atoms with Gasteiger partial charge in [0.25, 0.3) is 23.6 Å². The molecule has 0 aliphatic carbocycles. The van der Waals surface area contributed by atoms with Crippen LogP contribution in [0.3, 0.4) is 0 Å². The summed E-state index contributed by atoms with van der Waals surface area (Å²) in [6, 6.07) is 35.2. The Hall–Kier alpha value is -8.92. The van der Waals surface area contributed by atoms with E-state index in [0.29, 0.717) is 94.4 Å². The van der Waals surface area contributed by atoms with Crippen molar-refractivity contribution in [2.75, 3.05) is 47.7 Å². The van der Waals surface area contributed by atoms with E-state index in [1.54, 1.807) is 72.8 Å². The number of thiophene rings is 1. The van der Waals surface area contributed by atoms with Crippen LogP contribution in [0.5, 0.6) is 23.0 Å². The average Bonchev–Trinajstić information content (AvgIpc) is 1.49. The molecule has 4 N–H and O–H groups in total. The van der Waals surface area contributed by atoms with Crippen molar-refractivity contribution in [3.8, 4) is 46.7 Å². The summed E-state index contributed by atoms with van der Waals surface area (Å²) in [5.74, 6) is 13.6. The number of carbonyl (C=O) groups is 4. The molecule has 0 spiro atoms. The van der Waals surface area contributed by atoms with Crippen molar-refractivity contribution >= 4 is 57.7 Å². The van der Waals surface area contributed by atoms with Gasteiger partial charge in [0.15, 0.2) is 0 Å². The normalized spacial score (nSPS) is 10.9. The van der Waals surface area contributed by atoms with E-state index in [-0.39, 0.29) is 22.8 Å². The number of unbranched alkanes of at least 4 members (excludes halogenated alkanes) is 36. The Labute approximate surface area is 658 Å². The van der Waals surface area contributed by atoms with Gasteiger partial charge >= 0.3 is 0 Å². The largest absolute Gasteiger partial charge is 0.494 e. The van der Waals surface area contributed by atoms with Gasteiger partial charge in [-0.1, -0.05) is 283 Å². The Morgan fingerprint density at radius 1 is 0.275 bits per heavy atom. The maximum atomic E-state index is 14.2. The second-order valence-corrected chi connectivity index (χ2v) is 29.7. The maximum absolute atomic E-state index is 14.2. The topological polar surface area (TPSA) is 179 Å². The lowest BCUT2D eigenvalue weighted by Crippen LogP contribution is -2.19. The highest BCUT2D eigenvalue weighted by Crippen LogP contribution is 2.25. The van der Waals surface area contributed by atoms with E-state index < -0.39 is 23.6 Å². The number of anilines is 4. The van der Waals surface area contributed by atoms with Gasteiger partial charge in [0, 0.05) is 44.6 Å². The standard InChI is InChI=1S/C94H126N6O8S/c1-5-9-13-17-21-25-29-33-37-41-65-105-83-57-49-79(50-58-83)95-91(101)87-69-75(70-88(99-87)92(102)96-80-51-59-84(60-52-80)106-66-42-38-34-30-26-22-18-14-10-6-2)45-47-77-73-109-74-78(77)48-46-76-71-89(93(103)97-81-53-61-85(62-54-81)107-67-43-39-35-31-27-23-19-15-11-7-3)100-90(72-76)94(104)98-82-55-63-86(64-56-82)108-68-44-40-36-32-28-24-20-16-12-8-4/h49-64,69-74H,5-44,65-68H2,1-4H3,(H,95,101)(H,96,102)(H,97,103)(H,98,104). The Kier molecular flexibility index (Phi) is 43.8. The van der Waals surface area contributed by atoms with Crippen LogP contribution in [0, 0.1) is 23.7 Å². The van der Waals surface area contributed by atoms with Crippen LogP contribution in [0.25, 0.3) is 0 Å². The second-order valence-electron chi connectivity index (χ2n) is 29.0. The second kappa shape index (κ2) is 54.6. The lowest BCUT2D eigenvalue weighted by atomic mass is 10.1. The van der Waals surface area contributed by atoms with E-state index in [2.05, 4.69) is 82.6 Å². The van der Waals surface area contributed by atoms with Crippen LogP contribution >= 0.6 is 11.3 Å². The van der Waals surface area contributed by atoms with Crippen molar-refractivity contribution in [2.45, 2.75) is 285 Å². The van der Waals surface area contributed by atoms with E-state index in [0.717, 1.165) is 51.4 Å². The third kappa shape index (κ3) is 36.9. The highest BCUT2D eigenvalue weighted by atomic mass is 32.1. The monoisotopic (exact) mass is 1500 g/mol. The first-order valence-corrected chi connectivity index (χ1v) is 42.8. The molecule has 7 aromatic rings. The van der Waals surface area contributed by atoms with Crippen LogP contribution in [-0.4, -0.2) is 60.0 Å². The van der Waals surface area contributed by atoms with Gasteiger partial charge in [-0.25, -0.2) is 9.97 Å². The van der Waals surface area contributed by atoms with Gasteiger partial charge in [0.1, 0.15) is 45.8 Å². The number of benzene rings is 4. The number of hydrogen-bond acceptors (Lipinski definition) is 11. The Morgan fingerprint density at radius 3 is 0.670 bits per heavy atom.